The van der Waals surface area contributed by atoms with Gasteiger partial charge in [-0.2, -0.15) is 5.26 Å². The van der Waals surface area contributed by atoms with Gasteiger partial charge in [-0.15, -0.1) is 0 Å². The van der Waals surface area contributed by atoms with E-state index in [2.05, 4.69) is 395 Å². The van der Waals surface area contributed by atoms with Crippen molar-refractivity contribution in [2.24, 2.45) is 0 Å². The minimum atomic E-state index is -0.406. The van der Waals surface area contributed by atoms with E-state index in [4.69, 9.17) is 6.57 Å². The second kappa shape index (κ2) is 26.2. The molecule has 17 aromatic rings. The van der Waals surface area contributed by atoms with Crippen molar-refractivity contribution in [1.29, 1.82) is 5.26 Å². The molecule has 0 amide bonds. The van der Waals surface area contributed by atoms with Crippen molar-refractivity contribution in [3.63, 3.8) is 0 Å². The maximum absolute atomic E-state index is 10.2. The van der Waals surface area contributed by atoms with E-state index in [1.807, 2.05) is 24.3 Å². The Kier molecular flexibility index (Phi) is 16.1. The Morgan fingerprint density at radius 2 is 0.631 bits per heavy atom. The predicted octanol–water partition coefficient (Wildman–Crippen LogP) is 26.3. The second-order valence-corrected chi connectivity index (χ2v) is 33.1. The molecule has 0 N–H and O–H groups in total. The van der Waals surface area contributed by atoms with Crippen molar-refractivity contribution >= 4 is 107 Å². The quantitative estimate of drug-likeness (QED) is 0.101. The summed E-state index contributed by atoms with van der Waals surface area (Å²) in [5, 5.41) is 15.0. The Morgan fingerprint density at radius 1 is 0.306 bits per heavy atom. The second-order valence-electron chi connectivity index (χ2n) is 33.1. The van der Waals surface area contributed by atoms with Crippen LogP contribution in [0.5, 0.6) is 0 Å². The molecule has 0 unspecified atom stereocenters. The van der Waals surface area contributed by atoms with Crippen LogP contribution in [0.15, 0.2) is 328 Å². The first-order valence-corrected chi connectivity index (χ1v) is 38.6. The van der Waals surface area contributed by atoms with Crippen molar-refractivity contribution in [3.05, 3.63) is 361 Å². The Morgan fingerprint density at radius 3 is 0.973 bits per heavy atom. The lowest BCUT2D eigenvalue weighted by atomic mass is 9.33. The number of hydrogen-bond donors (Lipinski definition) is 0. The number of benzene rings is 15. The van der Waals surface area contributed by atoms with E-state index in [1.54, 1.807) is 0 Å². The molecule has 0 bridgehead atoms. The number of aromatic nitrogens is 2. The Hall–Kier alpha value is -13.5. The van der Waals surface area contributed by atoms with E-state index < -0.39 is 5.41 Å². The SMILES string of the molecule is [C-]#[N+]c1ccc(-c2cc(-c3ccccc3)c(N3c4cc(-n5c6ccccc6c6ccccc65)ccc4B4c5ccc(-n6c7ccccc7c7ccccc76)cc5N(c5c(-c6ccccc6)cc(-c6ccc(C#N)cc6)cc5-c5ccc(C(C)(C)C)cc5)c5cc(C(C)(C)C)cc3c54)c(-c3ccc(C(C)(C)C)cc3)c2)cc1. The zero-order chi connectivity index (χ0) is 75.8. The molecule has 0 radical (unpaired) electrons. The summed E-state index contributed by atoms with van der Waals surface area (Å²) >= 11 is 0. The van der Waals surface area contributed by atoms with Gasteiger partial charge >= 0.3 is 0 Å². The van der Waals surface area contributed by atoms with E-state index in [9.17, 15) is 5.26 Å². The van der Waals surface area contributed by atoms with Gasteiger partial charge in [-0.1, -0.05) is 293 Å². The van der Waals surface area contributed by atoms with Crippen LogP contribution in [0.1, 0.15) is 84.6 Å². The molecule has 19 rings (SSSR count). The zero-order valence-electron chi connectivity index (χ0n) is 63.9. The minimum absolute atomic E-state index is 0.105. The van der Waals surface area contributed by atoms with Crippen LogP contribution in [0.2, 0.25) is 0 Å². The van der Waals surface area contributed by atoms with Gasteiger partial charge < -0.3 is 18.9 Å². The summed E-state index contributed by atoms with van der Waals surface area (Å²) in [4.78, 5) is 9.24. The first-order chi connectivity index (χ1) is 53.9. The lowest BCUT2D eigenvalue weighted by Crippen LogP contribution is -2.61. The van der Waals surface area contributed by atoms with Crippen LogP contribution >= 0.6 is 0 Å². The van der Waals surface area contributed by atoms with Crippen molar-refractivity contribution in [2.75, 3.05) is 9.80 Å². The molecule has 2 aliphatic rings. The molecule has 6 nitrogen and oxygen atoms in total. The first-order valence-electron chi connectivity index (χ1n) is 38.6. The molecule has 530 valence electrons. The Balaban J connectivity index is 1.00. The molecule has 2 aromatic heterocycles. The van der Waals surface area contributed by atoms with Gasteiger partial charge in [-0.3, -0.25) is 0 Å². The molecule has 0 spiro atoms. The van der Waals surface area contributed by atoms with E-state index >= 15 is 0 Å². The molecule has 7 heteroatoms. The number of nitriles is 1. The summed E-state index contributed by atoms with van der Waals surface area (Å²) in [5.41, 5.74) is 33.5. The van der Waals surface area contributed by atoms with Crippen LogP contribution in [0, 0.1) is 17.9 Å². The van der Waals surface area contributed by atoms with E-state index in [-0.39, 0.29) is 17.5 Å². The molecule has 0 atom stereocenters. The van der Waals surface area contributed by atoms with Crippen LogP contribution < -0.4 is 26.2 Å². The molecule has 0 saturated carbocycles. The normalized spacial score (nSPS) is 12.7. The molecule has 0 saturated heterocycles. The Labute approximate surface area is 650 Å². The van der Waals surface area contributed by atoms with E-state index in [1.165, 1.54) is 54.6 Å². The molecule has 15 aromatic carbocycles. The van der Waals surface area contributed by atoms with E-state index in [0.29, 0.717) is 11.3 Å². The van der Waals surface area contributed by atoms with Crippen molar-refractivity contribution in [2.45, 2.75) is 78.6 Å². The Bertz CT molecular complexity index is 6180. The zero-order valence-corrected chi connectivity index (χ0v) is 63.9. The van der Waals surface area contributed by atoms with Gasteiger partial charge in [-0.25, -0.2) is 4.85 Å². The van der Waals surface area contributed by atoms with Crippen molar-refractivity contribution in [3.8, 4) is 84.2 Å². The highest BCUT2D eigenvalue weighted by Crippen LogP contribution is 2.56. The standard InChI is InChI=1S/C104H81BN6/c1-102(2,3)75-47-41-71(42-48-75)87-59-73(67-39-37-66(65-106)38-40-67)57-85(69-25-13-11-14-26-69)100(87)110-95-63-79(108-91-33-21-17-29-81(91)82-30-18-22-34-92(82)108)53-55-89(95)105-90-56-54-80(109-93-35-23-19-31-83(93)84-32-20-24-36-94(84)109)64-96(90)111(98-62-77(104(7,8)9)61-97(110)99(98)105)101-86(70-27-15-12-16-28-70)58-74(68-45-51-78(107-10)52-46-68)60-88(101)72-43-49-76(50-44-72)103(4,5)6/h11-64H,1-9H3. The third-order valence-corrected chi connectivity index (χ3v) is 23.2. The van der Waals surface area contributed by atoms with Crippen LogP contribution in [0.25, 0.3) is 127 Å². The minimum Gasteiger partial charge on any atom is -0.310 e. The summed E-state index contributed by atoms with van der Waals surface area (Å²) in [5.74, 6) is 0. The highest BCUT2D eigenvalue weighted by atomic mass is 15.2. The summed E-state index contributed by atoms with van der Waals surface area (Å²) in [6, 6.07) is 124. The third kappa shape index (κ3) is 11.4. The molecule has 4 heterocycles. The van der Waals surface area contributed by atoms with Gasteiger partial charge in [0.15, 0.2) is 5.69 Å². The maximum Gasteiger partial charge on any atom is 0.252 e. The number of hydrogen-bond acceptors (Lipinski definition) is 3. The number of fused-ring (bicyclic) bond motifs is 10. The molecular weight excluding hydrogens is 1340 g/mol. The summed E-state index contributed by atoms with van der Waals surface area (Å²) in [6.45, 7) is 28.6. The summed E-state index contributed by atoms with van der Waals surface area (Å²) < 4.78 is 4.96. The molecule has 0 fully saturated rings. The lowest BCUT2D eigenvalue weighted by Gasteiger charge is -2.46. The maximum atomic E-state index is 10.2. The highest BCUT2D eigenvalue weighted by molar-refractivity contribution is 7.00. The fraction of sp³-hybridized carbons (Fsp3) is 0.115. The first kappa shape index (κ1) is 68.1. The van der Waals surface area contributed by atoms with Gasteiger partial charge in [-0.05, 0) is 191 Å². The summed E-state index contributed by atoms with van der Waals surface area (Å²) in [6.07, 6.45) is 0. The average Bonchev–Trinajstić information content (AvgIpc) is 0.927. The topological polar surface area (TPSA) is 44.5 Å². The molecule has 0 aliphatic carbocycles. The lowest BCUT2D eigenvalue weighted by molar-refractivity contribution is 0.590. The van der Waals surface area contributed by atoms with Gasteiger partial charge in [0.2, 0.25) is 0 Å². The van der Waals surface area contributed by atoms with Gasteiger partial charge in [0.05, 0.1) is 51.6 Å². The van der Waals surface area contributed by atoms with Crippen LogP contribution in [-0.2, 0) is 16.2 Å². The smallest absolute Gasteiger partial charge is 0.252 e. The fourth-order valence-corrected chi connectivity index (χ4v) is 17.5. The predicted molar refractivity (Wildman–Crippen MR) is 469 cm³/mol. The van der Waals surface area contributed by atoms with Gasteiger partial charge in [0, 0.05) is 77.9 Å². The van der Waals surface area contributed by atoms with Crippen LogP contribution in [0.4, 0.5) is 39.8 Å². The van der Waals surface area contributed by atoms with Crippen LogP contribution in [-0.4, -0.2) is 15.8 Å². The van der Waals surface area contributed by atoms with Crippen LogP contribution in [0.3, 0.4) is 0 Å². The summed E-state index contributed by atoms with van der Waals surface area (Å²) in [7, 11) is 0. The van der Waals surface area contributed by atoms with Crippen molar-refractivity contribution < 1.29 is 0 Å². The highest BCUT2D eigenvalue weighted by Gasteiger charge is 2.47. The molecule has 2 aliphatic heterocycles. The average molecular weight is 1430 g/mol. The third-order valence-electron chi connectivity index (χ3n) is 23.2. The molecular formula is C104H81BN6. The fourth-order valence-electron chi connectivity index (χ4n) is 17.5. The number of nitrogens with zero attached hydrogens (tertiary/aromatic N) is 6. The molecule has 111 heavy (non-hydrogen) atoms. The van der Waals surface area contributed by atoms with Crippen molar-refractivity contribution in [1.82, 2.24) is 9.13 Å². The number of para-hydroxylation sites is 4. The number of rotatable bonds is 10. The van der Waals surface area contributed by atoms with E-state index in [0.717, 1.165) is 134 Å². The monoisotopic (exact) mass is 1420 g/mol. The van der Waals surface area contributed by atoms with Gasteiger partial charge in [0.25, 0.3) is 6.71 Å². The largest absolute Gasteiger partial charge is 0.310 e. The van der Waals surface area contributed by atoms with Gasteiger partial charge in [0.1, 0.15) is 0 Å². The number of anilines is 6.